The van der Waals surface area contributed by atoms with Crippen molar-refractivity contribution in [1.29, 1.82) is 0 Å². The molecule has 0 aromatic carbocycles. The van der Waals surface area contributed by atoms with Gasteiger partial charge in [-0.1, -0.05) is 6.42 Å². The number of hydrogen-bond donors (Lipinski definition) is 1. The Morgan fingerprint density at radius 3 is 3.00 bits per heavy atom. The first-order valence-corrected chi connectivity index (χ1v) is 8.41. The molecule has 0 saturated carbocycles. The molecule has 6 heteroatoms. The predicted molar refractivity (Wildman–Crippen MR) is 86.1 cm³/mol. The first-order valence-electron chi connectivity index (χ1n) is 8.41. The van der Waals surface area contributed by atoms with Gasteiger partial charge in [0.2, 0.25) is 0 Å². The van der Waals surface area contributed by atoms with Crippen LogP contribution >= 0.6 is 0 Å². The smallest absolute Gasteiger partial charge is 0.256 e. The SMILES string of the molecule is COc1cc(=O)n2c(c1C(=O)NCC1CCCO1)CCCCC2. The van der Waals surface area contributed by atoms with Crippen LogP contribution in [0.2, 0.25) is 0 Å². The minimum absolute atomic E-state index is 0.0885. The molecule has 1 amide bonds. The zero-order valence-electron chi connectivity index (χ0n) is 13.6. The summed E-state index contributed by atoms with van der Waals surface area (Å²) in [5, 5.41) is 2.95. The van der Waals surface area contributed by atoms with Crippen LogP contribution < -0.4 is 15.6 Å². The largest absolute Gasteiger partial charge is 0.496 e. The molecule has 1 aromatic heterocycles. The maximum Gasteiger partial charge on any atom is 0.256 e. The summed E-state index contributed by atoms with van der Waals surface area (Å²) in [5.74, 6) is 0.191. The Balaban J connectivity index is 1.89. The molecule has 1 atom stereocenters. The predicted octanol–water partition coefficient (Wildman–Crippen LogP) is 1.49. The van der Waals surface area contributed by atoms with E-state index in [1.54, 1.807) is 4.57 Å². The van der Waals surface area contributed by atoms with Gasteiger partial charge < -0.3 is 19.4 Å². The number of methoxy groups -OCH3 is 1. The number of rotatable bonds is 4. The minimum Gasteiger partial charge on any atom is -0.496 e. The molecule has 0 aliphatic carbocycles. The molecule has 0 bridgehead atoms. The molecule has 2 aliphatic heterocycles. The lowest BCUT2D eigenvalue weighted by Crippen LogP contribution is -2.35. The number of nitrogens with one attached hydrogen (secondary N) is 1. The third-order valence-corrected chi connectivity index (χ3v) is 4.64. The van der Waals surface area contributed by atoms with Crippen molar-refractivity contribution < 1.29 is 14.3 Å². The Hall–Kier alpha value is -1.82. The van der Waals surface area contributed by atoms with Crippen molar-refractivity contribution in [2.75, 3.05) is 20.3 Å². The van der Waals surface area contributed by atoms with Crippen molar-refractivity contribution in [2.45, 2.75) is 51.2 Å². The summed E-state index contributed by atoms with van der Waals surface area (Å²) >= 11 is 0. The summed E-state index contributed by atoms with van der Waals surface area (Å²) < 4.78 is 12.6. The highest BCUT2D eigenvalue weighted by Crippen LogP contribution is 2.24. The lowest BCUT2D eigenvalue weighted by molar-refractivity contribution is 0.0853. The Morgan fingerprint density at radius 2 is 2.26 bits per heavy atom. The summed E-state index contributed by atoms with van der Waals surface area (Å²) in [7, 11) is 1.50. The third kappa shape index (κ3) is 3.42. The summed E-state index contributed by atoms with van der Waals surface area (Å²) in [4.78, 5) is 25.0. The molecule has 0 radical (unpaired) electrons. The fourth-order valence-electron chi connectivity index (χ4n) is 3.42. The van der Waals surface area contributed by atoms with E-state index in [-0.39, 0.29) is 17.6 Å². The molecule has 3 heterocycles. The average Bonchev–Trinajstić information content (AvgIpc) is 2.95. The third-order valence-electron chi connectivity index (χ3n) is 4.64. The van der Waals surface area contributed by atoms with Gasteiger partial charge in [0.05, 0.1) is 13.2 Å². The van der Waals surface area contributed by atoms with Gasteiger partial charge >= 0.3 is 0 Å². The van der Waals surface area contributed by atoms with Gasteiger partial charge in [0.15, 0.2) is 0 Å². The molecule has 0 spiro atoms. The molecule has 1 N–H and O–H groups in total. The van der Waals surface area contributed by atoms with Gasteiger partial charge in [-0.25, -0.2) is 0 Å². The zero-order valence-corrected chi connectivity index (χ0v) is 13.6. The van der Waals surface area contributed by atoms with E-state index in [4.69, 9.17) is 9.47 Å². The van der Waals surface area contributed by atoms with Crippen molar-refractivity contribution in [3.63, 3.8) is 0 Å². The van der Waals surface area contributed by atoms with Crippen LogP contribution in [-0.4, -0.2) is 36.8 Å². The van der Waals surface area contributed by atoms with Crippen LogP contribution in [0.25, 0.3) is 0 Å². The van der Waals surface area contributed by atoms with Crippen LogP contribution in [-0.2, 0) is 17.7 Å². The molecular weight excluding hydrogens is 296 g/mol. The van der Waals surface area contributed by atoms with Crippen LogP contribution in [0.1, 0.15) is 48.2 Å². The van der Waals surface area contributed by atoms with Crippen LogP contribution in [0.5, 0.6) is 5.75 Å². The van der Waals surface area contributed by atoms with E-state index in [0.29, 0.717) is 24.4 Å². The molecular formula is C17H24N2O4. The molecule has 1 aromatic rings. The summed E-state index contributed by atoms with van der Waals surface area (Å²) in [6.07, 6.45) is 5.86. The second kappa shape index (κ2) is 7.17. The monoisotopic (exact) mass is 320 g/mol. The number of nitrogens with zero attached hydrogens (tertiary/aromatic N) is 1. The van der Waals surface area contributed by atoms with Crippen molar-refractivity contribution in [2.24, 2.45) is 0 Å². The van der Waals surface area contributed by atoms with Gasteiger partial charge in [0, 0.05) is 31.5 Å². The highest BCUT2D eigenvalue weighted by Gasteiger charge is 2.24. The topological polar surface area (TPSA) is 69.6 Å². The van der Waals surface area contributed by atoms with Crippen LogP contribution in [0.3, 0.4) is 0 Å². The Kier molecular flexibility index (Phi) is 5.00. The fourth-order valence-corrected chi connectivity index (χ4v) is 3.42. The Bertz CT molecular complexity index is 632. The number of fused-ring (bicyclic) bond motifs is 1. The van der Waals surface area contributed by atoms with Gasteiger partial charge in [-0.05, 0) is 32.1 Å². The van der Waals surface area contributed by atoms with E-state index in [1.165, 1.54) is 13.2 Å². The van der Waals surface area contributed by atoms with Crippen molar-refractivity contribution in [1.82, 2.24) is 9.88 Å². The molecule has 1 saturated heterocycles. The number of hydrogen-bond acceptors (Lipinski definition) is 4. The van der Waals surface area contributed by atoms with Crippen molar-refractivity contribution in [3.05, 3.63) is 27.7 Å². The van der Waals surface area contributed by atoms with Gasteiger partial charge in [0.25, 0.3) is 11.5 Å². The number of carbonyl (C=O) groups is 1. The van der Waals surface area contributed by atoms with Crippen molar-refractivity contribution >= 4 is 5.91 Å². The Morgan fingerprint density at radius 1 is 1.39 bits per heavy atom. The zero-order chi connectivity index (χ0) is 16.2. The molecule has 1 fully saturated rings. The van der Waals surface area contributed by atoms with Gasteiger partial charge in [-0.2, -0.15) is 0 Å². The second-order valence-corrected chi connectivity index (χ2v) is 6.18. The van der Waals surface area contributed by atoms with Crippen LogP contribution in [0.4, 0.5) is 0 Å². The van der Waals surface area contributed by atoms with Gasteiger partial charge in [-0.15, -0.1) is 0 Å². The van der Waals surface area contributed by atoms with Gasteiger partial charge in [-0.3, -0.25) is 9.59 Å². The highest BCUT2D eigenvalue weighted by molar-refractivity contribution is 5.98. The molecule has 1 unspecified atom stereocenters. The fraction of sp³-hybridized carbons (Fsp3) is 0.647. The lowest BCUT2D eigenvalue weighted by Gasteiger charge is -2.18. The summed E-state index contributed by atoms with van der Waals surface area (Å²) in [6, 6.07) is 1.43. The second-order valence-electron chi connectivity index (χ2n) is 6.18. The number of amides is 1. The Labute approximate surface area is 135 Å². The first kappa shape index (κ1) is 16.1. The highest BCUT2D eigenvalue weighted by atomic mass is 16.5. The van der Waals surface area contributed by atoms with Crippen LogP contribution in [0, 0.1) is 0 Å². The number of aromatic nitrogens is 1. The maximum absolute atomic E-state index is 12.7. The molecule has 6 nitrogen and oxygen atoms in total. The van der Waals surface area contributed by atoms with E-state index < -0.39 is 0 Å². The molecule has 126 valence electrons. The van der Waals surface area contributed by atoms with E-state index in [1.807, 2.05) is 0 Å². The normalized spacial score (nSPS) is 20.7. The first-order chi connectivity index (χ1) is 11.2. The summed E-state index contributed by atoms with van der Waals surface area (Å²) in [5.41, 5.74) is 1.22. The van der Waals surface area contributed by atoms with E-state index in [0.717, 1.165) is 50.8 Å². The summed E-state index contributed by atoms with van der Waals surface area (Å²) in [6.45, 7) is 1.94. The average molecular weight is 320 g/mol. The lowest BCUT2D eigenvalue weighted by atomic mass is 10.1. The number of pyridine rings is 1. The maximum atomic E-state index is 12.7. The number of carbonyl (C=O) groups excluding carboxylic acids is 1. The van der Waals surface area contributed by atoms with Gasteiger partial charge in [0.1, 0.15) is 11.3 Å². The van der Waals surface area contributed by atoms with E-state index >= 15 is 0 Å². The van der Waals surface area contributed by atoms with E-state index in [9.17, 15) is 9.59 Å². The van der Waals surface area contributed by atoms with E-state index in [2.05, 4.69) is 5.32 Å². The molecule has 23 heavy (non-hydrogen) atoms. The quantitative estimate of drug-likeness (QED) is 0.912. The number of ether oxygens (including phenoxy) is 2. The standard InChI is InChI=1S/C17H24N2O4/c1-22-14-10-15(20)19-8-4-2-3-7-13(19)16(14)17(21)18-11-12-6-5-9-23-12/h10,12H,2-9,11H2,1H3,(H,18,21). The van der Waals surface area contributed by atoms with Crippen molar-refractivity contribution in [3.8, 4) is 5.75 Å². The molecule has 3 rings (SSSR count). The molecule has 2 aliphatic rings. The van der Waals surface area contributed by atoms with Crippen LogP contribution in [0.15, 0.2) is 10.9 Å². The minimum atomic E-state index is -0.178.